The summed E-state index contributed by atoms with van der Waals surface area (Å²) in [6.07, 6.45) is 0.365. The van der Waals surface area contributed by atoms with Crippen LogP contribution in [-0.4, -0.2) is 61.3 Å². The Labute approximate surface area is 185 Å². The van der Waals surface area contributed by atoms with Crippen LogP contribution in [0.2, 0.25) is 0 Å². The van der Waals surface area contributed by atoms with E-state index in [0.29, 0.717) is 16.6 Å². The highest BCUT2D eigenvalue weighted by molar-refractivity contribution is 7.18. The molecule has 1 heterocycles. The molecule has 1 atom stereocenters. The molecule has 8 nitrogen and oxygen atoms in total. The number of anilines is 2. The Hall–Kier alpha value is -3.46. The van der Waals surface area contributed by atoms with Gasteiger partial charge in [-0.2, -0.15) is 0 Å². The van der Waals surface area contributed by atoms with Gasteiger partial charge in [-0.15, -0.1) is 10.2 Å². The second-order valence-corrected chi connectivity index (χ2v) is 8.41. The number of hydrogen-bond donors (Lipinski definition) is 2. The molecule has 0 aliphatic carbocycles. The van der Waals surface area contributed by atoms with Gasteiger partial charge in [-0.1, -0.05) is 41.7 Å². The van der Waals surface area contributed by atoms with E-state index < -0.39 is 6.04 Å². The van der Waals surface area contributed by atoms with E-state index in [1.165, 1.54) is 16.2 Å². The lowest BCUT2D eigenvalue weighted by molar-refractivity contribution is -0.117. The average Bonchev–Trinajstić information content (AvgIpc) is 3.22. The van der Waals surface area contributed by atoms with E-state index in [4.69, 9.17) is 0 Å². The Morgan fingerprint density at radius 2 is 1.65 bits per heavy atom. The molecule has 0 aliphatic heterocycles. The summed E-state index contributed by atoms with van der Waals surface area (Å²) in [6.45, 7) is 0. The van der Waals surface area contributed by atoms with Gasteiger partial charge in [0, 0.05) is 45.9 Å². The maximum Gasteiger partial charge on any atom is 0.317 e. The van der Waals surface area contributed by atoms with E-state index in [2.05, 4.69) is 20.8 Å². The summed E-state index contributed by atoms with van der Waals surface area (Å²) in [5.41, 5.74) is 2.95. The molecule has 9 heteroatoms. The van der Waals surface area contributed by atoms with Crippen LogP contribution in [0.25, 0.3) is 10.6 Å². The van der Waals surface area contributed by atoms with E-state index in [1.807, 2.05) is 73.6 Å². The summed E-state index contributed by atoms with van der Waals surface area (Å²) in [6, 6.07) is 16.4. The van der Waals surface area contributed by atoms with Crippen molar-refractivity contribution in [3.05, 3.63) is 60.2 Å². The van der Waals surface area contributed by atoms with Crippen LogP contribution in [0.1, 0.15) is 5.56 Å². The van der Waals surface area contributed by atoms with Gasteiger partial charge in [0.25, 0.3) is 0 Å². The highest BCUT2D eigenvalue weighted by Crippen LogP contribution is 2.28. The van der Waals surface area contributed by atoms with Gasteiger partial charge in [0.1, 0.15) is 11.0 Å². The normalized spacial score (nSPS) is 11.5. The van der Waals surface area contributed by atoms with E-state index in [9.17, 15) is 9.59 Å². The highest BCUT2D eigenvalue weighted by Gasteiger charge is 2.23. The first-order valence-corrected chi connectivity index (χ1v) is 10.6. The van der Waals surface area contributed by atoms with E-state index in [0.717, 1.165) is 16.8 Å². The van der Waals surface area contributed by atoms with Crippen molar-refractivity contribution in [1.82, 2.24) is 20.4 Å². The first-order chi connectivity index (χ1) is 14.8. The minimum atomic E-state index is -0.746. The number of nitrogens with one attached hydrogen (secondary N) is 2. The third-order valence-corrected chi connectivity index (χ3v) is 5.48. The number of nitrogens with zero attached hydrogens (tertiary/aromatic N) is 4. The molecule has 0 saturated heterocycles. The fourth-order valence-electron chi connectivity index (χ4n) is 2.82. The van der Waals surface area contributed by atoms with Crippen LogP contribution in [0.4, 0.5) is 15.6 Å². The maximum absolute atomic E-state index is 12.9. The molecule has 0 spiro atoms. The lowest BCUT2D eigenvalue weighted by Crippen LogP contribution is -2.48. The molecule has 3 amide bonds. The lowest BCUT2D eigenvalue weighted by atomic mass is 10.1. The molecule has 0 radical (unpaired) electrons. The largest absolute Gasteiger partial charge is 0.378 e. The molecule has 0 saturated carbocycles. The Balaban J connectivity index is 1.72. The maximum atomic E-state index is 12.9. The van der Waals surface area contributed by atoms with Crippen molar-refractivity contribution in [2.75, 3.05) is 38.4 Å². The number of rotatable bonds is 7. The molecule has 1 unspecified atom stereocenters. The molecular formula is C22H26N6O2S. The first-order valence-electron chi connectivity index (χ1n) is 9.77. The lowest BCUT2D eigenvalue weighted by Gasteiger charge is -2.20. The molecule has 3 aromatic rings. The predicted molar refractivity (Wildman–Crippen MR) is 124 cm³/mol. The zero-order valence-corrected chi connectivity index (χ0v) is 18.8. The van der Waals surface area contributed by atoms with E-state index in [-0.39, 0.29) is 11.9 Å². The molecule has 2 N–H and O–H groups in total. The number of amides is 3. The third kappa shape index (κ3) is 6.02. The van der Waals surface area contributed by atoms with Gasteiger partial charge in [0.05, 0.1) is 0 Å². The van der Waals surface area contributed by atoms with E-state index >= 15 is 0 Å². The van der Waals surface area contributed by atoms with E-state index in [1.54, 1.807) is 14.1 Å². The highest BCUT2D eigenvalue weighted by atomic mass is 32.1. The molecule has 162 valence electrons. The Morgan fingerprint density at radius 1 is 0.968 bits per heavy atom. The van der Waals surface area contributed by atoms with Crippen molar-refractivity contribution in [1.29, 1.82) is 0 Å². The summed E-state index contributed by atoms with van der Waals surface area (Å²) in [5.74, 6) is -0.343. The Bertz CT molecular complexity index is 1020. The SMILES string of the molecule is CN(C)C(=O)NC(Cc1ccccc1)C(=O)Nc1nnc(-c2ccc(N(C)C)cc2)s1. The number of aromatic nitrogens is 2. The van der Waals surface area contributed by atoms with Crippen molar-refractivity contribution < 1.29 is 9.59 Å². The Morgan fingerprint density at radius 3 is 2.26 bits per heavy atom. The van der Waals surface area contributed by atoms with Crippen molar-refractivity contribution in [3.8, 4) is 10.6 Å². The number of carbonyl (C=O) groups is 2. The quantitative estimate of drug-likeness (QED) is 0.592. The summed E-state index contributed by atoms with van der Waals surface area (Å²) in [7, 11) is 7.22. The molecule has 0 bridgehead atoms. The zero-order valence-electron chi connectivity index (χ0n) is 18.0. The summed E-state index contributed by atoms with van der Waals surface area (Å²) in [4.78, 5) is 28.5. The molecule has 31 heavy (non-hydrogen) atoms. The van der Waals surface area contributed by atoms with Crippen molar-refractivity contribution in [3.63, 3.8) is 0 Å². The number of carbonyl (C=O) groups excluding carboxylic acids is 2. The van der Waals surface area contributed by atoms with Crippen LogP contribution in [0, 0.1) is 0 Å². The van der Waals surface area contributed by atoms with Crippen LogP contribution in [-0.2, 0) is 11.2 Å². The van der Waals surface area contributed by atoms with Gasteiger partial charge in [0.2, 0.25) is 11.0 Å². The van der Waals surface area contributed by atoms with Crippen LogP contribution in [0.5, 0.6) is 0 Å². The third-order valence-electron chi connectivity index (χ3n) is 4.59. The fraction of sp³-hybridized carbons (Fsp3) is 0.273. The number of urea groups is 1. The standard InChI is InChI=1S/C22H26N6O2S/c1-27(2)17-12-10-16(11-13-17)20-25-26-21(31-20)24-19(29)18(23-22(30)28(3)4)14-15-8-6-5-7-9-15/h5-13,18H,14H2,1-4H3,(H,23,30)(H,24,26,29). The van der Waals surface area contributed by atoms with Crippen molar-refractivity contribution in [2.45, 2.75) is 12.5 Å². The van der Waals surface area contributed by atoms with Crippen LogP contribution >= 0.6 is 11.3 Å². The predicted octanol–water partition coefficient (Wildman–Crippen LogP) is 3.09. The minimum absolute atomic E-state index is 0.338. The molecule has 1 aromatic heterocycles. The van der Waals surface area contributed by atoms with Crippen molar-refractivity contribution in [2.24, 2.45) is 0 Å². The second-order valence-electron chi connectivity index (χ2n) is 7.43. The monoisotopic (exact) mass is 438 g/mol. The summed E-state index contributed by atoms with van der Waals surface area (Å²) >= 11 is 1.29. The minimum Gasteiger partial charge on any atom is -0.378 e. The average molecular weight is 439 g/mol. The summed E-state index contributed by atoms with van der Waals surface area (Å²) < 4.78 is 0. The Kier molecular flexibility index (Phi) is 7.19. The van der Waals surface area contributed by atoms with Crippen LogP contribution in [0.3, 0.4) is 0 Å². The van der Waals surface area contributed by atoms with Gasteiger partial charge in [-0.25, -0.2) is 4.79 Å². The summed E-state index contributed by atoms with van der Waals surface area (Å²) in [5, 5.41) is 14.9. The fourth-order valence-corrected chi connectivity index (χ4v) is 3.57. The van der Waals surface area contributed by atoms with Crippen molar-refractivity contribution >= 4 is 34.1 Å². The molecule has 3 rings (SSSR count). The second kappa shape index (κ2) is 10.0. The number of hydrogen-bond acceptors (Lipinski definition) is 6. The topological polar surface area (TPSA) is 90.5 Å². The van der Waals surface area contributed by atoms with Crippen LogP contribution in [0.15, 0.2) is 54.6 Å². The van der Waals surface area contributed by atoms with Gasteiger partial charge in [-0.3, -0.25) is 10.1 Å². The first kappa shape index (κ1) is 22.2. The van der Waals surface area contributed by atoms with Gasteiger partial charge >= 0.3 is 6.03 Å². The molecular weight excluding hydrogens is 412 g/mol. The smallest absolute Gasteiger partial charge is 0.317 e. The van der Waals surface area contributed by atoms with Gasteiger partial charge in [0.15, 0.2) is 0 Å². The molecule has 0 fully saturated rings. The van der Waals surface area contributed by atoms with Gasteiger partial charge in [-0.05, 0) is 29.8 Å². The number of benzene rings is 2. The van der Waals surface area contributed by atoms with Gasteiger partial charge < -0.3 is 15.1 Å². The zero-order chi connectivity index (χ0) is 22.4. The van der Waals surface area contributed by atoms with Crippen LogP contribution < -0.4 is 15.5 Å². The molecule has 0 aliphatic rings. The molecule has 2 aromatic carbocycles.